The summed E-state index contributed by atoms with van der Waals surface area (Å²) in [6.45, 7) is 0. The van der Waals surface area contributed by atoms with Gasteiger partial charge in [-0.3, -0.25) is 0 Å². The van der Waals surface area contributed by atoms with E-state index in [4.69, 9.17) is 15.2 Å². The number of hydrogen-bond donors (Lipinski definition) is 2. The van der Waals surface area contributed by atoms with Crippen molar-refractivity contribution in [2.24, 2.45) is 0 Å². The van der Waals surface area contributed by atoms with Gasteiger partial charge in [-0.15, -0.1) is 0 Å². The molecule has 1 aromatic carbocycles. The first-order valence-corrected chi connectivity index (χ1v) is 7.63. The number of pyridine rings is 1. The number of nitrogens with one attached hydrogen (secondary N) is 1. The Morgan fingerprint density at radius 2 is 2.00 bits per heavy atom. The lowest BCUT2D eigenvalue weighted by molar-refractivity contribution is 0.356. The standard InChI is InChI=1S/C15H16N4O2S/c1-20-12-6-10-11(7-13(12)21-2)19-15(18-10)22-8-9-4-3-5-17-14(9)16/h3-7H,8H2,1-2H3,(H2,16,17)(H,18,19). The molecule has 0 bridgehead atoms. The van der Waals surface area contributed by atoms with Crippen molar-refractivity contribution in [1.29, 1.82) is 0 Å². The lowest BCUT2D eigenvalue weighted by Gasteiger charge is -2.06. The van der Waals surface area contributed by atoms with Crippen LogP contribution >= 0.6 is 11.8 Å². The quantitative estimate of drug-likeness (QED) is 0.704. The Hall–Kier alpha value is -2.41. The fraction of sp³-hybridized carbons (Fsp3) is 0.200. The van der Waals surface area contributed by atoms with Crippen molar-refractivity contribution in [3.8, 4) is 11.5 Å². The van der Waals surface area contributed by atoms with Crippen LogP contribution in [0.25, 0.3) is 11.0 Å². The summed E-state index contributed by atoms with van der Waals surface area (Å²) in [6.07, 6.45) is 1.68. The average Bonchev–Trinajstić information content (AvgIpc) is 2.94. The summed E-state index contributed by atoms with van der Waals surface area (Å²) >= 11 is 1.57. The van der Waals surface area contributed by atoms with Gasteiger partial charge in [0.25, 0.3) is 0 Å². The number of thioether (sulfide) groups is 1. The molecule has 0 saturated heterocycles. The Morgan fingerprint density at radius 1 is 1.23 bits per heavy atom. The number of aromatic amines is 1. The number of anilines is 1. The Labute approximate surface area is 132 Å². The average molecular weight is 316 g/mol. The highest BCUT2D eigenvalue weighted by molar-refractivity contribution is 7.98. The first kappa shape index (κ1) is 14.5. The van der Waals surface area contributed by atoms with E-state index >= 15 is 0 Å². The molecule has 114 valence electrons. The highest BCUT2D eigenvalue weighted by Gasteiger charge is 2.11. The molecule has 3 rings (SSSR count). The topological polar surface area (TPSA) is 86.0 Å². The minimum Gasteiger partial charge on any atom is -0.493 e. The number of aromatic nitrogens is 3. The maximum absolute atomic E-state index is 5.85. The van der Waals surface area contributed by atoms with Crippen molar-refractivity contribution < 1.29 is 9.47 Å². The predicted molar refractivity (Wildman–Crippen MR) is 87.4 cm³/mol. The third-order valence-electron chi connectivity index (χ3n) is 3.26. The van der Waals surface area contributed by atoms with Gasteiger partial charge < -0.3 is 20.2 Å². The van der Waals surface area contributed by atoms with Crippen molar-refractivity contribution in [2.45, 2.75) is 10.9 Å². The van der Waals surface area contributed by atoms with Gasteiger partial charge in [0.15, 0.2) is 16.7 Å². The summed E-state index contributed by atoms with van der Waals surface area (Å²) < 4.78 is 10.6. The van der Waals surface area contributed by atoms with Gasteiger partial charge in [-0.1, -0.05) is 17.8 Å². The summed E-state index contributed by atoms with van der Waals surface area (Å²) in [5.74, 6) is 2.59. The van der Waals surface area contributed by atoms with Crippen molar-refractivity contribution in [3.63, 3.8) is 0 Å². The normalized spacial score (nSPS) is 10.8. The maximum Gasteiger partial charge on any atom is 0.166 e. The first-order valence-electron chi connectivity index (χ1n) is 6.65. The minimum atomic E-state index is 0.550. The molecule has 0 spiro atoms. The molecule has 0 atom stereocenters. The van der Waals surface area contributed by atoms with Crippen LogP contribution in [0.3, 0.4) is 0 Å². The predicted octanol–water partition coefficient (Wildman–Crippen LogP) is 2.85. The van der Waals surface area contributed by atoms with Crippen LogP contribution in [0.5, 0.6) is 11.5 Å². The zero-order valence-electron chi connectivity index (χ0n) is 12.3. The fourth-order valence-electron chi connectivity index (χ4n) is 2.10. The highest BCUT2D eigenvalue weighted by atomic mass is 32.2. The summed E-state index contributed by atoms with van der Waals surface area (Å²) in [6, 6.07) is 7.57. The van der Waals surface area contributed by atoms with E-state index in [1.54, 1.807) is 32.2 Å². The molecule has 3 aromatic rings. The van der Waals surface area contributed by atoms with Gasteiger partial charge in [-0.05, 0) is 6.07 Å². The lowest BCUT2D eigenvalue weighted by Crippen LogP contribution is -1.95. The van der Waals surface area contributed by atoms with Gasteiger partial charge in [0.05, 0.1) is 25.3 Å². The molecule has 2 heterocycles. The second kappa shape index (κ2) is 6.15. The number of methoxy groups -OCH3 is 2. The van der Waals surface area contributed by atoms with Crippen LogP contribution in [0.1, 0.15) is 5.56 Å². The van der Waals surface area contributed by atoms with Gasteiger partial charge in [-0.25, -0.2) is 9.97 Å². The second-order valence-corrected chi connectivity index (χ2v) is 5.57. The van der Waals surface area contributed by atoms with E-state index < -0.39 is 0 Å². The van der Waals surface area contributed by atoms with Gasteiger partial charge >= 0.3 is 0 Å². The highest BCUT2D eigenvalue weighted by Crippen LogP contribution is 2.33. The molecule has 22 heavy (non-hydrogen) atoms. The van der Waals surface area contributed by atoms with Crippen LogP contribution in [0, 0.1) is 0 Å². The molecule has 0 saturated carbocycles. The Morgan fingerprint density at radius 3 is 2.73 bits per heavy atom. The van der Waals surface area contributed by atoms with Gasteiger partial charge in [-0.2, -0.15) is 0 Å². The molecule has 0 amide bonds. The van der Waals surface area contributed by atoms with Gasteiger partial charge in [0.1, 0.15) is 5.82 Å². The van der Waals surface area contributed by atoms with Crippen LogP contribution < -0.4 is 15.2 Å². The van der Waals surface area contributed by atoms with Crippen LogP contribution in [-0.2, 0) is 5.75 Å². The van der Waals surface area contributed by atoms with E-state index in [0.29, 0.717) is 23.1 Å². The minimum absolute atomic E-state index is 0.550. The summed E-state index contributed by atoms with van der Waals surface area (Å²) in [4.78, 5) is 11.9. The number of imidazole rings is 1. The molecular weight excluding hydrogens is 300 g/mol. The molecule has 0 aliphatic rings. The monoisotopic (exact) mass is 316 g/mol. The molecule has 0 aliphatic carbocycles. The zero-order valence-corrected chi connectivity index (χ0v) is 13.1. The molecule has 0 unspecified atom stereocenters. The number of hydrogen-bond acceptors (Lipinski definition) is 6. The molecule has 2 aromatic heterocycles. The molecule has 3 N–H and O–H groups in total. The van der Waals surface area contributed by atoms with Crippen LogP contribution in [0.4, 0.5) is 5.82 Å². The molecular formula is C15H16N4O2S. The van der Waals surface area contributed by atoms with Crippen molar-refractivity contribution in [1.82, 2.24) is 15.0 Å². The van der Waals surface area contributed by atoms with Crippen molar-refractivity contribution >= 4 is 28.6 Å². The number of fused-ring (bicyclic) bond motifs is 1. The van der Waals surface area contributed by atoms with Crippen LogP contribution in [0.2, 0.25) is 0 Å². The summed E-state index contributed by atoms with van der Waals surface area (Å²) in [7, 11) is 3.22. The van der Waals surface area contributed by atoms with E-state index in [2.05, 4.69) is 15.0 Å². The van der Waals surface area contributed by atoms with E-state index in [1.165, 1.54) is 0 Å². The van der Waals surface area contributed by atoms with Gasteiger partial charge in [0, 0.05) is 29.6 Å². The van der Waals surface area contributed by atoms with E-state index in [9.17, 15) is 0 Å². The zero-order chi connectivity index (χ0) is 15.5. The van der Waals surface area contributed by atoms with Crippen molar-refractivity contribution in [2.75, 3.05) is 20.0 Å². The number of nitrogens with zero attached hydrogens (tertiary/aromatic N) is 2. The fourth-order valence-corrected chi connectivity index (χ4v) is 2.98. The number of H-pyrrole nitrogens is 1. The van der Waals surface area contributed by atoms with Crippen LogP contribution in [-0.4, -0.2) is 29.2 Å². The number of nitrogen functional groups attached to an aromatic ring is 1. The first-order chi connectivity index (χ1) is 10.7. The lowest BCUT2D eigenvalue weighted by atomic mass is 10.3. The van der Waals surface area contributed by atoms with Crippen molar-refractivity contribution in [3.05, 3.63) is 36.0 Å². The SMILES string of the molecule is COc1cc2nc(SCc3cccnc3N)[nH]c2cc1OC. The molecule has 0 aliphatic heterocycles. The smallest absolute Gasteiger partial charge is 0.166 e. The molecule has 7 heteroatoms. The number of nitrogens with two attached hydrogens (primary N) is 1. The second-order valence-electron chi connectivity index (χ2n) is 4.60. The molecule has 0 fully saturated rings. The number of rotatable bonds is 5. The number of benzene rings is 1. The summed E-state index contributed by atoms with van der Waals surface area (Å²) in [5, 5.41) is 0.813. The number of ether oxygens (including phenoxy) is 2. The van der Waals surface area contributed by atoms with Crippen LogP contribution in [0.15, 0.2) is 35.6 Å². The van der Waals surface area contributed by atoms with E-state index in [1.807, 2.05) is 24.3 Å². The molecule has 0 radical (unpaired) electrons. The third kappa shape index (κ3) is 2.80. The Balaban J connectivity index is 1.84. The Kier molecular flexibility index (Phi) is 4.06. The van der Waals surface area contributed by atoms with E-state index in [-0.39, 0.29) is 0 Å². The summed E-state index contributed by atoms with van der Waals surface area (Å²) in [5.41, 5.74) is 8.57. The third-order valence-corrected chi connectivity index (χ3v) is 4.18. The largest absolute Gasteiger partial charge is 0.493 e. The Bertz CT molecular complexity index is 762. The van der Waals surface area contributed by atoms with Gasteiger partial charge in [0.2, 0.25) is 0 Å². The maximum atomic E-state index is 5.85. The van der Waals surface area contributed by atoms with E-state index in [0.717, 1.165) is 21.8 Å². The molecule has 6 nitrogen and oxygen atoms in total.